The highest BCUT2D eigenvalue weighted by Crippen LogP contribution is 1.93. The summed E-state index contributed by atoms with van der Waals surface area (Å²) in [6.45, 7) is 8.32. The van der Waals surface area contributed by atoms with Gasteiger partial charge < -0.3 is 9.47 Å². The maximum Gasteiger partial charge on any atom is 0.306 e. The first-order chi connectivity index (χ1) is 6.31. The average molecular weight is 184 g/mol. The molecule has 0 aromatic carbocycles. The Morgan fingerprint density at radius 2 is 1.92 bits per heavy atom. The van der Waals surface area contributed by atoms with E-state index in [4.69, 9.17) is 9.47 Å². The van der Waals surface area contributed by atoms with Crippen molar-refractivity contribution in [2.45, 2.75) is 12.8 Å². The molecule has 3 heteroatoms. The summed E-state index contributed by atoms with van der Waals surface area (Å²) in [6.07, 6.45) is 4.30. The van der Waals surface area contributed by atoms with Crippen molar-refractivity contribution in [3.05, 3.63) is 25.3 Å². The Bertz CT molecular complexity index is 164. The van der Waals surface area contributed by atoms with Gasteiger partial charge in [-0.25, -0.2) is 0 Å². The first-order valence-electron chi connectivity index (χ1n) is 4.26. The van der Waals surface area contributed by atoms with Crippen LogP contribution in [0.5, 0.6) is 0 Å². The van der Waals surface area contributed by atoms with E-state index in [0.717, 1.165) is 0 Å². The lowest BCUT2D eigenvalue weighted by Crippen LogP contribution is -2.06. The molecule has 3 nitrogen and oxygen atoms in total. The van der Waals surface area contributed by atoms with Crippen LogP contribution in [0.25, 0.3) is 0 Å². The molecule has 0 rings (SSSR count). The number of hydrogen-bond donors (Lipinski definition) is 0. The van der Waals surface area contributed by atoms with Crippen LogP contribution in [0.3, 0.4) is 0 Å². The van der Waals surface area contributed by atoms with Crippen LogP contribution in [0.4, 0.5) is 0 Å². The summed E-state index contributed by atoms with van der Waals surface area (Å²) in [6, 6.07) is 0. The normalized spacial score (nSPS) is 9.23. The SMILES string of the molecule is C=CCOCCCC(=O)OCC=C. The molecule has 0 aliphatic rings. The van der Waals surface area contributed by atoms with Gasteiger partial charge in [0.05, 0.1) is 6.61 Å². The van der Waals surface area contributed by atoms with Gasteiger partial charge in [-0.1, -0.05) is 18.7 Å². The van der Waals surface area contributed by atoms with Gasteiger partial charge in [0.2, 0.25) is 0 Å². The van der Waals surface area contributed by atoms with Gasteiger partial charge in [0.15, 0.2) is 0 Å². The number of carbonyl (C=O) groups is 1. The van der Waals surface area contributed by atoms with Gasteiger partial charge in [-0.3, -0.25) is 4.79 Å². The number of hydrogen-bond acceptors (Lipinski definition) is 3. The van der Waals surface area contributed by atoms with Crippen LogP contribution in [0, 0.1) is 0 Å². The highest BCUT2D eigenvalue weighted by Gasteiger charge is 2.00. The highest BCUT2D eigenvalue weighted by atomic mass is 16.5. The van der Waals surface area contributed by atoms with Crippen LogP contribution in [0.2, 0.25) is 0 Å². The number of rotatable bonds is 8. The Morgan fingerprint density at radius 3 is 2.54 bits per heavy atom. The van der Waals surface area contributed by atoms with Gasteiger partial charge in [0, 0.05) is 13.0 Å². The van der Waals surface area contributed by atoms with Crippen molar-refractivity contribution >= 4 is 5.97 Å². The summed E-state index contributed by atoms with van der Waals surface area (Å²) in [5, 5.41) is 0. The predicted octanol–water partition coefficient (Wildman–Crippen LogP) is 1.70. The van der Waals surface area contributed by atoms with E-state index >= 15 is 0 Å². The largest absolute Gasteiger partial charge is 0.461 e. The summed E-state index contributed by atoms with van der Waals surface area (Å²) >= 11 is 0. The molecule has 74 valence electrons. The third-order valence-corrected chi connectivity index (χ3v) is 1.27. The molecule has 0 amide bonds. The maximum absolute atomic E-state index is 10.9. The number of esters is 1. The van der Waals surface area contributed by atoms with Gasteiger partial charge in [0.25, 0.3) is 0 Å². The molecule has 0 saturated carbocycles. The number of carbonyl (C=O) groups excluding carboxylic acids is 1. The zero-order valence-electron chi connectivity index (χ0n) is 7.83. The van der Waals surface area contributed by atoms with E-state index in [0.29, 0.717) is 26.1 Å². The average Bonchev–Trinajstić information content (AvgIpc) is 2.14. The van der Waals surface area contributed by atoms with Crippen LogP contribution in [-0.4, -0.2) is 25.8 Å². The smallest absolute Gasteiger partial charge is 0.306 e. The third kappa shape index (κ3) is 8.82. The lowest BCUT2D eigenvalue weighted by Gasteiger charge is -2.01. The van der Waals surface area contributed by atoms with Crippen molar-refractivity contribution in [3.63, 3.8) is 0 Å². The molecule has 0 unspecified atom stereocenters. The summed E-state index contributed by atoms with van der Waals surface area (Å²) < 4.78 is 9.86. The molecule has 13 heavy (non-hydrogen) atoms. The van der Waals surface area contributed by atoms with Crippen molar-refractivity contribution in [2.24, 2.45) is 0 Å². The van der Waals surface area contributed by atoms with Crippen LogP contribution in [-0.2, 0) is 14.3 Å². The van der Waals surface area contributed by atoms with Crippen molar-refractivity contribution < 1.29 is 14.3 Å². The quantitative estimate of drug-likeness (QED) is 0.327. The van der Waals surface area contributed by atoms with Crippen molar-refractivity contribution in [1.29, 1.82) is 0 Å². The fourth-order valence-electron chi connectivity index (χ4n) is 0.709. The predicted molar refractivity (Wildman–Crippen MR) is 51.4 cm³/mol. The second-order valence-corrected chi connectivity index (χ2v) is 2.44. The lowest BCUT2D eigenvalue weighted by atomic mass is 10.3. The highest BCUT2D eigenvalue weighted by molar-refractivity contribution is 5.69. The van der Waals surface area contributed by atoms with E-state index < -0.39 is 0 Å². The molecule has 0 heterocycles. The molecule has 0 aliphatic carbocycles. The molecule has 0 aromatic heterocycles. The van der Waals surface area contributed by atoms with Gasteiger partial charge >= 0.3 is 5.97 Å². The standard InChI is InChI=1S/C10H16O3/c1-3-7-12-9-5-6-10(11)13-8-4-2/h3-4H,1-2,5-9H2. The molecular formula is C10H16O3. The van der Waals surface area contributed by atoms with Crippen LogP contribution in [0.15, 0.2) is 25.3 Å². The van der Waals surface area contributed by atoms with E-state index in [9.17, 15) is 4.79 Å². The van der Waals surface area contributed by atoms with Crippen LogP contribution < -0.4 is 0 Å². The van der Waals surface area contributed by atoms with Crippen molar-refractivity contribution in [3.8, 4) is 0 Å². The topological polar surface area (TPSA) is 35.5 Å². The molecule has 0 bridgehead atoms. The summed E-state index contributed by atoms with van der Waals surface area (Å²) in [5.74, 6) is -0.206. The zero-order valence-corrected chi connectivity index (χ0v) is 7.83. The molecule has 0 fully saturated rings. The van der Waals surface area contributed by atoms with Gasteiger partial charge in [0.1, 0.15) is 6.61 Å². The molecule has 0 atom stereocenters. The Balaban J connectivity index is 3.16. The molecule has 0 aromatic rings. The van der Waals surface area contributed by atoms with E-state index in [1.165, 1.54) is 0 Å². The molecule has 0 radical (unpaired) electrons. The minimum absolute atomic E-state index is 0.206. The molecule has 0 spiro atoms. The minimum atomic E-state index is -0.206. The van der Waals surface area contributed by atoms with E-state index in [2.05, 4.69) is 13.2 Å². The summed E-state index contributed by atoms with van der Waals surface area (Å²) in [7, 11) is 0. The van der Waals surface area contributed by atoms with Gasteiger partial charge in [-0.05, 0) is 6.42 Å². The van der Waals surface area contributed by atoms with Crippen LogP contribution >= 0.6 is 0 Å². The Kier molecular flexibility index (Phi) is 8.25. The zero-order chi connectivity index (χ0) is 9.94. The minimum Gasteiger partial charge on any atom is -0.461 e. The van der Waals surface area contributed by atoms with E-state index in [1.807, 2.05) is 0 Å². The fraction of sp³-hybridized carbons (Fsp3) is 0.500. The first-order valence-corrected chi connectivity index (χ1v) is 4.26. The monoisotopic (exact) mass is 184 g/mol. The van der Waals surface area contributed by atoms with Gasteiger partial charge in [-0.15, -0.1) is 6.58 Å². The summed E-state index contributed by atoms with van der Waals surface area (Å²) in [5.41, 5.74) is 0. The lowest BCUT2D eigenvalue weighted by molar-refractivity contribution is -0.142. The molecule has 0 N–H and O–H groups in total. The number of ether oxygens (including phenoxy) is 2. The fourth-order valence-corrected chi connectivity index (χ4v) is 0.709. The second-order valence-electron chi connectivity index (χ2n) is 2.44. The Morgan fingerprint density at radius 1 is 1.23 bits per heavy atom. The molecule has 0 aliphatic heterocycles. The summed E-state index contributed by atoms with van der Waals surface area (Å²) in [4.78, 5) is 10.9. The molecule has 0 saturated heterocycles. The molecular weight excluding hydrogens is 168 g/mol. The Hall–Kier alpha value is -1.09. The first kappa shape index (κ1) is 11.9. The van der Waals surface area contributed by atoms with Crippen LogP contribution in [0.1, 0.15) is 12.8 Å². The van der Waals surface area contributed by atoms with E-state index in [1.54, 1.807) is 12.2 Å². The van der Waals surface area contributed by atoms with Crippen molar-refractivity contribution in [1.82, 2.24) is 0 Å². The second kappa shape index (κ2) is 9.00. The van der Waals surface area contributed by atoms with Gasteiger partial charge in [-0.2, -0.15) is 0 Å². The van der Waals surface area contributed by atoms with Crippen molar-refractivity contribution in [2.75, 3.05) is 19.8 Å². The Labute approximate surface area is 79.0 Å². The third-order valence-electron chi connectivity index (χ3n) is 1.27. The van der Waals surface area contributed by atoms with E-state index in [-0.39, 0.29) is 12.6 Å². The maximum atomic E-state index is 10.9.